The maximum absolute atomic E-state index is 13.1. The third-order valence-electron chi connectivity index (χ3n) is 5.16. The standard InChI is InChI=1S/C19H19FN4O2/c20-14-4-6-15(7-5-14)24-18(25)13-16(19(24)26)22-9-11-23(12-10-22)17-3-1-2-8-21-17/h1-8,16H,9-13H2/p+2/t16-/m1/s1. The van der Waals surface area contributed by atoms with Gasteiger partial charge in [-0.3, -0.25) is 14.5 Å². The molecule has 26 heavy (non-hydrogen) atoms. The molecule has 1 atom stereocenters. The molecule has 0 bridgehead atoms. The van der Waals surface area contributed by atoms with Crippen LogP contribution in [0.15, 0.2) is 48.7 Å². The lowest BCUT2D eigenvalue weighted by atomic mass is 10.1. The molecule has 0 spiro atoms. The molecule has 0 saturated carbocycles. The van der Waals surface area contributed by atoms with Crippen molar-refractivity contribution >= 4 is 23.3 Å². The van der Waals surface area contributed by atoms with Crippen LogP contribution in [0.4, 0.5) is 15.9 Å². The zero-order chi connectivity index (χ0) is 18.1. The van der Waals surface area contributed by atoms with Crippen molar-refractivity contribution in [2.75, 3.05) is 36.0 Å². The number of piperazine rings is 1. The molecule has 6 nitrogen and oxygen atoms in total. The molecule has 2 aliphatic heterocycles. The van der Waals surface area contributed by atoms with Crippen molar-refractivity contribution < 1.29 is 23.9 Å². The molecule has 4 rings (SSSR count). The van der Waals surface area contributed by atoms with Gasteiger partial charge in [-0.2, -0.15) is 0 Å². The molecule has 0 aliphatic carbocycles. The number of carbonyl (C=O) groups is 2. The molecule has 2 saturated heterocycles. The Hall–Kier alpha value is -2.80. The summed E-state index contributed by atoms with van der Waals surface area (Å²) in [7, 11) is 0. The molecule has 2 aromatic rings. The highest BCUT2D eigenvalue weighted by Crippen LogP contribution is 2.22. The van der Waals surface area contributed by atoms with Crippen LogP contribution in [0.1, 0.15) is 6.42 Å². The Kier molecular flexibility index (Phi) is 4.38. The van der Waals surface area contributed by atoms with E-state index in [1.807, 2.05) is 24.4 Å². The summed E-state index contributed by atoms with van der Waals surface area (Å²) in [5, 5.41) is 0. The number of quaternary nitrogens is 1. The number of rotatable bonds is 3. The first-order valence-corrected chi connectivity index (χ1v) is 8.82. The van der Waals surface area contributed by atoms with Gasteiger partial charge in [-0.05, 0) is 30.3 Å². The number of carbonyl (C=O) groups excluding carboxylic acids is 2. The Balaban J connectivity index is 1.44. The number of hydrogen-bond acceptors (Lipinski definition) is 3. The van der Waals surface area contributed by atoms with Crippen molar-refractivity contribution in [2.45, 2.75) is 12.5 Å². The average molecular weight is 356 g/mol. The number of anilines is 2. The van der Waals surface area contributed by atoms with Crippen LogP contribution in [0.2, 0.25) is 0 Å². The number of benzene rings is 1. The summed E-state index contributed by atoms with van der Waals surface area (Å²) < 4.78 is 13.1. The fourth-order valence-corrected chi connectivity index (χ4v) is 3.78. The number of pyridine rings is 1. The van der Waals surface area contributed by atoms with E-state index < -0.39 is 0 Å². The second-order valence-corrected chi connectivity index (χ2v) is 6.69. The minimum Gasteiger partial charge on any atom is -0.318 e. The molecular formula is C19H21FN4O2+2. The van der Waals surface area contributed by atoms with E-state index in [4.69, 9.17) is 0 Å². The molecule has 2 amide bonds. The van der Waals surface area contributed by atoms with E-state index >= 15 is 0 Å². The van der Waals surface area contributed by atoms with E-state index in [1.54, 1.807) is 0 Å². The van der Waals surface area contributed by atoms with Crippen molar-refractivity contribution in [3.05, 3.63) is 54.5 Å². The smallest absolute Gasteiger partial charge is 0.292 e. The van der Waals surface area contributed by atoms with E-state index in [-0.39, 0.29) is 30.1 Å². The molecule has 0 unspecified atom stereocenters. The fraction of sp³-hybridized carbons (Fsp3) is 0.316. The van der Waals surface area contributed by atoms with Gasteiger partial charge in [-0.25, -0.2) is 14.3 Å². The van der Waals surface area contributed by atoms with Gasteiger partial charge in [0, 0.05) is 6.07 Å². The SMILES string of the molecule is O=C1C[C@@H]([NH+]2CCN(c3cccc[nH+]3)CC2)C(=O)N1c1ccc(F)cc1. The van der Waals surface area contributed by atoms with Crippen molar-refractivity contribution in [1.29, 1.82) is 0 Å². The van der Waals surface area contributed by atoms with Crippen molar-refractivity contribution in [3.8, 4) is 0 Å². The van der Waals surface area contributed by atoms with E-state index in [1.165, 1.54) is 29.2 Å². The second-order valence-electron chi connectivity index (χ2n) is 6.69. The van der Waals surface area contributed by atoms with Crippen molar-refractivity contribution in [1.82, 2.24) is 0 Å². The highest BCUT2D eigenvalue weighted by Gasteiger charge is 2.47. The maximum Gasteiger partial charge on any atom is 0.292 e. The largest absolute Gasteiger partial charge is 0.318 e. The molecule has 0 radical (unpaired) electrons. The summed E-state index contributed by atoms with van der Waals surface area (Å²) in [6.07, 6.45) is 2.11. The third-order valence-corrected chi connectivity index (χ3v) is 5.16. The highest BCUT2D eigenvalue weighted by atomic mass is 19.1. The summed E-state index contributed by atoms with van der Waals surface area (Å²) in [5.41, 5.74) is 0.445. The van der Waals surface area contributed by atoms with Gasteiger partial charge in [-0.1, -0.05) is 6.07 Å². The van der Waals surface area contributed by atoms with Gasteiger partial charge in [0.15, 0.2) is 6.04 Å². The molecule has 2 fully saturated rings. The number of nitrogens with one attached hydrogen (secondary N) is 2. The number of aromatic nitrogens is 1. The zero-order valence-electron chi connectivity index (χ0n) is 14.3. The van der Waals surface area contributed by atoms with Gasteiger partial charge in [0.1, 0.15) is 32.0 Å². The van der Waals surface area contributed by atoms with E-state index in [0.29, 0.717) is 5.69 Å². The van der Waals surface area contributed by atoms with Gasteiger partial charge in [0.25, 0.3) is 11.7 Å². The number of nitrogens with zero attached hydrogens (tertiary/aromatic N) is 2. The second kappa shape index (κ2) is 6.84. The van der Waals surface area contributed by atoms with E-state index in [2.05, 4.69) is 9.88 Å². The van der Waals surface area contributed by atoms with Crippen LogP contribution in [-0.4, -0.2) is 44.0 Å². The van der Waals surface area contributed by atoms with Crippen LogP contribution >= 0.6 is 0 Å². The predicted molar refractivity (Wildman–Crippen MR) is 93.2 cm³/mol. The number of aromatic amines is 1. The quantitative estimate of drug-likeness (QED) is 0.767. The van der Waals surface area contributed by atoms with Crippen molar-refractivity contribution in [2.24, 2.45) is 0 Å². The van der Waals surface area contributed by atoms with Crippen LogP contribution < -0.4 is 19.7 Å². The van der Waals surface area contributed by atoms with Gasteiger partial charge < -0.3 is 4.90 Å². The van der Waals surface area contributed by atoms with Gasteiger partial charge >= 0.3 is 0 Å². The first kappa shape index (κ1) is 16.7. The number of hydrogen-bond donors (Lipinski definition) is 1. The predicted octanol–water partition coefficient (Wildman–Crippen LogP) is -0.323. The fourth-order valence-electron chi connectivity index (χ4n) is 3.78. The summed E-state index contributed by atoms with van der Waals surface area (Å²) in [5.74, 6) is 0.284. The molecule has 1 aromatic carbocycles. The first-order valence-electron chi connectivity index (χ1n) is 8.82. The average Bonchev–Trinajstić information content (AvgIpc) is 2.98. The molecule has 3 heterocycles. The summed E-state index contributed by atoms with van der Waals surface area (Å²) in [6, 6.07) is 11.1. The zero-order valence-corrected chi connectivity index (χ0v) is 14.3. The number of amides is 2. The van der Waals surface area contributed by atoms with Gasteiger partial charge in [0.05, 0.1) is 18.3 Å². The number of halogens is 1. The molecular weight excluding hydrogens is 335 g/mol. The Morgan fingerprint density at radius 1 is 1.04 bits per heavy atom. The Morgan fingerprint density at radius 3 is 2.42 bits per heavy atom. The Morgan fingerprint density at radius 2 is 1.77 bits per heavy atom. The lowest BCUT2D eigenvalue weighted by Crippen LogP contribution is -3.19. The van der Waals surface area contributed by atoms with Crippen molar-refractivity contribution in [3.63, 3.8) is 0 Å². The summed E-state index contributed by atoms with van der Waals surface area (Å²) in [6.45, 7) is 3.24. The van der Waals surface area contributed by atoms with Gasteiger partial charge in [0.2, 0.25) is 5.91 Å². The molecule has 7 heteroatoms. The number of H-pyrrole nitrogens is 1. The maximum atomic E-state index is 13.1. The van der Waals surface area contributed by atoms with Crippen LogP contribution in [0, 0.1) is 5.82 Å². The van der Waals surface area contributed by atoms with Crippen LogP contribution in [0.3, 0.4) is 0 Å². The van der Waals surface area contributed by atoms with Crippen LogP contribution in [0.5, 0.6) is 0 Å². The third kappa shape index (κ3) is 3.06. The van der Waals surface area contributed by atoms with Gasteiger partial charge in [-0.15, -0.1) is 0 Å². The molecule has 2 aliphatic rings. The monoisotopic (exact) mass is 356 g/mol. The Bertz CT molecular complexity index is 804. The minimum absolute atomic E-state index is 0.184. The Labute approximate surface area is 150 Å². The topological polar surface area (TPSA) is 59.2 Å². The normalized spacial score (nSPS) is 21.5. The lowest BCUT2D eigenvalue weighted by molar-refractivity contribution is -0.915. The number of imide groups is 1. The molecule has 2 N–H and O–H groups in total. The highest BCUT2D eigenvalue weighted by molar-refractivity contribution is 6.21. The van der Waals surface area contributed by atoms with E-state index in [9.17, 15) is 14.0 Å². The van der Waals surface area contributed by atoms with Crippen LogP contribution in [-0.2, 0) is 9.59 Å². The first-order chi connectivity index (χ1) is 12.6. The van der Waals surface area contributed by atoms with Crippen LogP contribution in [0.25, 0.3) is 0 Å². The summed E-state index contributed by atoms with van der Waals surface area (Å²) in [4.78, 5) is 33.0. The lowest BCUT2D eigenvalue weighted by Gasteiger charge is -2.31. The summed E-state index contributed by atoms with van der Waals surface area (Å²) >= 11 is 0. The minimum atomic E-state index is -0.385. The molecule has 1 aromatic heterocycles. The molecule has 134 valence electrons. The van der Waals surface area contributed by atoms with E-state index in [0.717, 1.165) is 36.9 Å².